The summed E-state index contributed by atoms with van der Waals surface area (Å²) in [4.78, 5) is 2.74. The SMILES string of the molecule is Cc1ccc(C(C)NCC(C)(C)CC(C)O)s1. The van der Waals surface area contributed by atoms with Gasteiger partial charge < -0.3 is 10.4 Å². The van der Waals surface area contributed by atoms with Crippen LogP contribution in [-0.2, 0) is 0 Å². The van der Waals surface area contributed by atoms with E-state index < -0.39 is 0 Å². The molecule has 98 valence electrons. The molecule has 2 atom stereocenters. The minimum atomic E-state index is -0.230. The molecule has 0 saturated carbocycles. The number of hydrogen-bond donors (Lipinski definition) is 2. The summed E-state index contributed by atoms with van der Waals surface area (Å²) in [6.45, 7) is 11.5. The molecule has 2 unspecified atom stereocenters. The van der Waals surface area contributed by atoms with E-state index in [0.717, 1.165) is 13.0 Å². The molecule has 0 aliphatic rings. The topological polar surface area (TPSA) is 32.3 Å². The van der Waals surface area contributed by atoms with Gasteiger partial charge in [-0.3, -0.25) is 0 Å². The van der Waals surface area contributed by atoms with Crippen LogP contribution in [0.5, 0.6) is 0 Å². The van der Waals surface area contributed by atoms with Gasteiger partial charge in [-0.2, -0.15) is 0 Å². The summed E-state index contributed by atoms with van der Waals surface area (Å²) in [5, 5.41) is 13.0. The van der Waals surface area contributed by atoms with E-state index in [4.69, 9.17) is 0 Å². The highest BCUT2D eigenvalue weighted by atomic mass is 32.1. The zero-order valence-corrected chi connectivity index (χ0v) is 12.4. The van der Waals surface area contributed by atoms with Crippen molar-refractivity contribution in [3.05, 3.63) is 21.9 Å². The van der Waals surface area contributed by atoms with Crippen molar-refractivity contribution in [2.24, 2.45) is 5.41 Å². The van der Waals surface area contributed by atoms with Crippen LogP contribution in [0.1, 0.15) is 49.9 Å². The molecule has 0 aromatic carbocycles. The second-order valence-electron chi connectivity index (χ2n) is 5.77. The van der Waals surface area contributed by atoms with Gasteiger partial charge in [-0.05, 0) is 44.7 Å². The zero-order chi connectivity index (χ0) is 13.1. The van der Waals surface area contributed by atoms with Crippen LogP contribution in [0.4, 0.5) is 0 Å². The van der Waals surface area contributed by atoms with Gasteiger partial charge >= 0.3 is 0 Å². The standard InChI is InChI=1S/C14H25NOS/c1-10(16)8-14(4,5)9-15-12(3)13-7-6-11(2)17-13/h6-7,10,12,15-16H,8-9H2,1-5H3. The minimum Gasteiger partial charge on any atom is -0.393 e. The second-order valence-corrected chi connectivity index (χ2v) is 7.09. The highest BCUT2D eigenvalue weighted by Gasteiger charge is 2.21. The largest absolute Gasteiger partial charge is 0.393 e. The van der Waals surface area contributed by atoms with Crippen molar-refractivity contribution in [2.45, 2.75) is 53.2 Å². The lowest BCUT2D eigenvalue weighted by atomic mass is 9.87. The van der Waals surface area contributed by atoms with Crippen LogP contribution in [0.3, 0.4) is 0 Å². The van der Waals surface area contributed by atoms with Crippen molar-refractivity contribution >= 4 is 11.3 Å². The lowest BCUT2D eigenvalue weighted by Gasteiger charge is -2.28. The average Bonchev–Trinajstić information content (AvgIpc) is 2.59. The Kier molecular flexibility index (Phi) is 5.17. The van der Waals surface area contributed by atoms with Gasteiger partial charge in [-0.1, -0.05) is 13.8 Å². The van der Waals surface area contributed by atoms with Crippen molar-refractivity contribution in [3.63, 3.8) is 0 Å². The Bertz CT molecular complexity index is 344. The fourth-order valence-corrected chi connectivity index (χ4v) is 2.99. The molecular weight excluding hydrogens is 230 g/mol. The van der Waals surface area contributed by atoms with Gasteiger partial charge in [0.2, 0.25) is 0 Å². The Morgan fingerprint density at radius 3 is 2.47 bits per heavy atom. The first-order valence-electron chi connectivity index (χ1n) is 6.28. The molecule has 1 aromatic rings. The quantitative estimate of drug-likeness (QED) is 0.815. The lowest BCUT2D eigenvalue weighted by molar-refractivity contribution is 0.127. The van der Waals surface area contributed by atoms with Crippen LogP contribution < -0.4 is 5.32 Å². The third-order valence-electron chi connectivity index (χ3n) is 2.92. The van der Waals surface area contributed by atoms with Crippen LogP contribution in [-0.4, -0.2) is 17.8 Å². The summed E-state index contributed by atoms with van der Waals surface area (Å²) >= 11 is 1.85. The average molecular weight is 255 g/mol. The number of nitrogens with one attached hydrogen (secondary N) is 1. The first-order chi connectivity index (χ1) is 7.80. The second kappa shape index (κ2) is 5.98. The van der Waals surface area contributed by atoms with Crippen molar-refractivity contribution in [1.82, 2.24) is 5.32 Å². The molecule has 0 aliphatic heterocycles. The Hall–Kier alpha value is -0.380. The molecule has 1 heterocycles. The van der Waals surface area contributed by atoms with Crippen molar-refractivity contribution in [1.29, 1.82) is 0 Å². The number of aliphatic hydroxyl groups excluding tert-OH is 1. The van der Waals surface area contributed by atoms with Crippen LogP contribution in [0.2, 0.25) is 0 Å². The van der Waals surface area contributed by atoms with Crippen LogP contribution in [0.15, 0.2) is 12.1 Å². The molecule has 3 heteroatoms. The zero-order valence-electron chi connectivity index (χ0n) is 11.6. The maximum atomic E-state index is 9.45. The predicted octanol–water partition coefficient (Wildman–Crippen LogP) is 3.50. The molecule has 17 heavy (non-hydrogen) atoms. The lowest BCUT2D eigenvalue weighted by Crippen LogP contribution is -2.33. The highest BCUT2D eigenvalue weighted by molar-refractivity contribution is 7.12. The fourth-order valence-electron chi connectivity index (χ4n) is 2.09. The molecule has 0 bridgehead atoms. The van der Waals surface area contributed by atoms with Crippen molar-refractivity contribution in [2.75, 3.05) is 6.54 Å². The van der Waals surface area contributed by atoms with Gasteiger partial charge in [-0.15, -0.1) is 11.3 Å². The van der Waals surface area contributed by atoms with E-state index >= 15 is 0 Å². The van der Waals surface area contributed by atoms with E-state index in [1.165, 1.54) is 9.75 Å². The highest BCUT2D eigenvalue weighted by Crippen LogP contribution is 2.25. The maximum absolute atomic E-state index is 9.45. The maximum Gasteiger partial charge on any atom is 0.0517 e. The van der Waals surface area contributed by atoms with E-state index in [1.54, 1.807) is 0 Å². The Morgan fingerprint density at radius 2 is 2.00 bits per heavy atom. The van der Waals surface area contributed by atoms with Gasteiger partial charge in [-0.25, -0.2) is 0 Å². The van der Waals surface area contributed by atoms with Crippen LogP contribution >= 0.6 is 11.3 Å². The number of hydrogen-bond acceptors (Lipinski definition) is 3. The molecule has 1 rings (SSSR count). The van der Waals surface area contributed by atoms with E-state index in [9.17, 15) is 5.11 Å². The molecule has 0 amide bonds. The van der Waals surface area contributed by atoms with Gasteiger partial charge in [0.1, 0.15) is 0 Å². The molecule has 0 saturated heterocycles. The summed E-state index contributed by atoms with van der Waals surface area (Å²) < 4.78 is 0. The number of aliphatic hydroxyl groups is 1. The first kappa shape index (κ1) is 14.7. The smallest absolute Gasteiger partial charge is 0.0517 e. The summed E-state index contributed by atoms with van der Waals surface area (Å²) in [6, 6.07) is 4.75. The van der Waals surface area contributed by atoms with E-state index in [-0.39, 0.29) is 11.5 Å². The predicted molar refractivity (Wildman–Crippen MR) is 75.6 cm³/mol. The summed E-state index contributed by atoms with van der Waals surface area (Å²) in [5.41, 5.74) is 0.134. The number of rotatable bonds is 6. The fraction of sp³-hybridized carbons (Fsp3) is 0.714. The minimum absolute atomic E-state index is 0.134. The molecule has 0 spiro atoms. The Balaban J connectivity index is 2.45. The van der Waals surface area contributed by atoms with Crippen LogP contribution in [0.25, 0.3) is 0 Å². The normalized spacial score (nSPS) is 15.9. The van der Waals surface area contributed by atoms with Crippen LogP contribution in [0, 0.1) is 12.3 Å². The number of aryl methyl sites for hydroxylation is 1. The monoisotopic (exact) mass is 255 g/mol. The number of thiophene rings is 1. The molecule has 0 fully saturated rings. The van der Waals surface area contributed by atoms with Gasteiger partial charge in [0.25, 0.3) is 0 Å². The van der Waals surface area contributed by atoms with Crippen molar-refractivity contribution < 1.29 is 5.11 Å². The summed E-state index contributed by atoms with van der Waals surface area (Å²) in [5.74, 6) is 0. The summed E-state index contributed by atoms with van der Waals surface area (Å²) in [6.07, 6.45) is 0.599. The molecule has 2 N–H and O–H groups in total. The first-order valence-corrected chi connectivity index (χ1v) is 7.09. The molecule has 1 aromatic heterocycles. The molecule has 0 aliphatic carbocycles. The molecule has 0 radical (unpaired) electrons. The molecular formula is C14H25NOS. The Labute approximate surface area is 109 Å². The Morgan fingerprint density at radius 1 is 1.35 bits per heavy atom. The van der Waals surface area contributed by atoms with E-state index in [1.807, 2.05) is 18.3 Å². The van der Waals surface area contributed by atoms with E-state index in [0.29, 0.717) is 6.04 Å². The van der Waals surface area contributed by atoms with E-state index in [2.05, 4.69) is 45.1 Å². The van der Waals surface area contributed by atoms with Gasteiger partial charge in [0.05, 0.1) is 6.10 Å². The third-order valence-corrected chi connectivity index (χ3v) is 4.11. The van der Waals surface area contributed by atoms with Crippen molar-refractivity contribution in [3.8, 4) is 0 Å². The third kappa shape index (κ3) is 5.19. The molecule has 2 nitrogen and oxygen atoms in total. The summed E-state index contributed by atoms with van der Waals surface area (Å²) in [7, 11) is 0. The van der Waals surface area contributed by atoms with Gasteiger partial charge in [0, 0.05) is 22.3 Å². The van der Waals surface area contributed by atoms with Gasteiger partial charge in [0.15, 0.2) is 0 Å².